The van der Waals surface area contributed by atoms with Crippen LogP contribution in [0.4, 0.5) is 0 Å². The zero-order valence-corrected chi connectivity index (χ0v) is 14.6. The van der Waals surface area contributed by atoms with E-state index in [0.29, 0.717) is 12.5 Å². The maximum Gasteiger partial charge on any atom is 0.310 e. The Kier molecular flexibility index (Phi) is 7.44. The molecule has 0 bridgehead atoms. The molecule has 4 nitrogen and oxygen atoms in total. The van der Waals surface area contributed by atoms with Crippen LogP contribution in [0.5, 0.6) is 0 Å². The molecular formula is C20H29NO3. The number of unbranched alkanes of at least 4 members (excludes halogenated alkanes) is 1. The maximum atomic E-state index is 12.6. The SMILES string of the molecule is CCCCOC(=O)Cc1ccc(C(=O)C2CCC(CN)CC2)cc1. The lowest BCUT2D eigenvalue weighted by Gasteiger charge is -2.26. The molecule has 1 aliphatic carbocycles. The number of nitrogens with two attached hydrogens (primary N) is 1. The quantitative estimate of drug-likeness (QED) is 0.449. The molecule has 0 saturated heterocycles. The van der Waals surface area contributed by atoms with Crippen LogP contribution in [0.1, 0.15) is 61.4 Å². The molecule has 132 valence electrons. The lowest BCUT2D eigenvalue weighted by atomic mass is 9.78. The van der Waals surface area contributed by atoms with Crippen molar-refractivity contribution in [1.29, 1.82) is 0 Å². The van der Waals surface area contributed by atoms with E-state index in [1.165, 1.54) is 0 Å². The standard InChI is InChI=1S/C20H29NO3/c1-2-3-12-24-19(22)13-15-4-8-17(9-5-15)20(23)18-10-6-16(14-21)7-11-18/h4-5,8-9,16,18H,2-3,6-7,10-14,21H2,1H3. The number of esters is 1. The number of benzene rings is 1. The van der Waals surface area contributed by atoms with Crippen LogP contribution in [0, 0.1) is 11.8 Å². The smallest absolute Gasteiger partial charge is 0.310 e. The molecule has 0 atom stereocenters. The van der Waals surface area contributed by atoms with Crippen LogP contribution >= 0.6 is 0 Å². The van der Waals surface area contributed by atoms with Gasteiger partial charge >= 0.3 is 5.97 Å². The second-order valence-corrected chi connectivity index (χ2v) is 6.77. The van der Waals surface area contributed by atoms with Gasteiger partial charge in [-0.1, -0.05) is 37.6 Å². The van der Waals surface area contributed by atoms with Crippen molar-refractivity contribution in [3.8, 4) is 0 Å². The Bertz CT molecular complexity index is 530. The number of rotatable bonds is 8. The molecular weight excluding hydrogens is 302 g/mol. The second kappa shape index (κ2) is 9.58. The Morgan fingerprint density at radius 1 is 1.12 bits per heavy atom. The average molecular weight is 331 g/mol. The fraction of sp³-hybridized carbons (Fsp3) is 0.600. The van der Waals surface area contributed by atoms with Gasteiger partial charge in [0.1, 0.15) is 0 Å². The lowest BCUT2D eigenvalue weighted by Crippen LogP contribution is -2.25. The first kappa shape index (κ1) is 18.7. The number of ketones is 1. The van der Waals surface area contributed by atoms with Gasteiger partial charge in [-0.2, -0.15) is 0 Å². The molecule has 0 aromatic heterocycles. The molecule has 0 aliphatic heterocycles. The Morgan fingerprint density at radius 2 is 1.79 bits per heavy atom. The van der Waals surface area contributed by atoms with Crippen molar-refractivity contribution in [3.05, 3.63) is 35.4 Å². The van der Waals surface area contributed by atoms with E-state index in [0.717, 1.165) is 56.2 Å². The Hall–Kier alpha value is -1.68. The van der Waals surface area contributed by atoms with Crippen LogP contribution in [-0.4, -0.2) is 24.9 Å². The summed E-state index contributed by atoms with van der Waals surface area (Å²) in [7, 11) is 0. The summed E-state index contributed by atoms with van der Waals surface area (Å²) in [5, 5.41) is 0. The fourth-order valence-corrected chi connectivity index (χ4v) is 3.23. The van der Waals surface area contributed by atoms with Gasteiger partial charge in [0.05, 0.1) is 13.0 Å². The molecule has 0 amide bonds. The molecule has 1 fully saturated rings. The largest absolute Gasteiger partial charge is 0.465 e. The van der Waals surface area contributed by atoms with Gasteiger partial charge in [-0.15, -0.1) is 0 Å². The van der Waals surface area contributed by atoms with Crippen LogP contribution in [-0.2, 0) is 16.0 Å². The minimum atomic E-state index is -0.206. The monoisotopic (exact) mass is 331 g/mol. The summed E-state index contributed by atoms with van der Waals surface area (Å²) in [6.45, 7) is 3.27. The molecule has 0 heterocycles. The van der Waals surface area contributed by atoms with Gasteiger partial charge in [0.25, 0.3) is 0 Å². The summed E-state index contributed by atoms with van der Waals surface area (Å²) >= 11 is 0. The Morgan fingerprint density at radius 3 is 2.38 bits per heavy atom. The van der Waals surface area contributed by atoms with Gasteiger partial charge in [0, 0.05) is 11.5 Å². The third-order valence-corrected chi connectivity index (χ3v) is 4.90. The molecule has 2 rings (SSSR count). The van der Waals surface area contributed by atoms with E-state index >= 15 is 0 Å². The summed E-state index contributed by atoms with van der Waals surface area (Å²) in [5.74, 6) is 0.720. The van der Waals surface area contributed by atoms with Gasteiger partial charge in [-0.05, 0) is 50.1 Å². The van der Waals surface area contributed by atoms with E-state index < -0.39 is 0 Å². The molecule has 0 unspecified atom stereocenters. The van der Waals surface area contributed by atoms with Gasteiger partial charge in [-0.3, -0.25) is 9.59 Å². The third-order valence-electron chi connectivity index (χ3n) is 4.90. The molecule has 1 saturated carbocycles. The van der Waals surface area contributed by atoms with Crippen LogP contribution in [0.2, 0.25) is 0 Å². The first-order valence-corrected chi connectivity index (χ1v) is 9.12. The molecule has 4 heteroatoms. The highest BCUT2D eigenvalue weighted by Crippen LogP contribution is 2.30. The summed E-state index contributed by atoms with van der Waals surface area (Å²) in [4.78, 5) is 24.3. The minimum absolute atomic E-state index is 0.123. The highest BCUT2D eigenvalue weighted by molar-refractivity contribution is 5.98. The molecule has 1 aliphatic rings. The lowest BCUT2D eigenvalue weighted by molar-refractivity contribution is -0.142. The van der Waals surface area contributed by atoms with Crippen molar-refractivity contribution < 1.29 is 14.3 Å². The number of Topliss-reactive ketones (excluding diaryl/α,β-unsaturated/α-hetero) is 1. The second-order valence-electron chi connectivity index (χ2n) is 6.77. The number of ether oxygens (including phenoxy) is 1. The van der Waals surface area contributed by atoms with Crippen LogP contribution in [0.15, 0.2) is 24.3 Å². The summed E-state index contributed by atoms with van der Waals surface area (Å²) in [6.07, 6.45) is 6.14. The van der Waals surface area contributed by atoms with Gasteiger partial charge in [0.15, 0.2) is 5.78 Å². The molecule has 0 radical (unpaired) electrons. The molecule has 1 aromatic carbocycles. The number of hydrogen-bond donors (Lipinski definition) is 1. The third kappa shape index (κ3) is 5.45. The van der Waals surface area contributed by atoms with Crippen molar-refractivity contribution in [2.75, 3.05) is 13.2 Å². The van der Waals surface area contributed by atoms with Crippen molar-refractivity contribution >= 4 is 11.8 Å². The molecule has 2 N–H and O–H groups in total. The first-order chi connectivity index (χ1) is 11.6. The predicted molar refractivity (Wildman–Crippen MR) is 94.8 cm³/mol. The van der Waals surface area contributed by atoms with Crippen molar-refractivity contribution in [3.63, 3.8) is 0 Å². The van der Waals surface area contributed by atoms with Crippen LogP contribution in [0.3, 0.4) is 0 Å². The normalized spacial score (nSPS) is 20.6. The first-order valence-electron chi connectivity index (χ1n) is 9.12. The van der Waals surface area contributed by atoms with E-state index in [9.17, 15) is 9.59 Å². The molecule has 24 heavy (non-hydrogen) atoms. The predicted octanol–water partition coefficient (Wildman–Crippen LogP) is 3.52. The number of carbonyl (C=O) groups is 2. The maximum absolute atomic E-state index is 12.6. The average Bonchev–Trinajstić information content (AvgIpc) is 2.62. The summed E-state index contributed by atoms with van der Waals surface area (Å²) in [6, 6.07) is 7.40. The van der Waals surface area contributed by atoms with Gasteiger partial charge < -0.3 is 10.5 Å². The van der Waals surface area contributed by atoms with E-state index in [2.05, 4.69) is 6.92 Å². The van der Waals surface area contributed by atoms with E-state index in [-0.39, 0.29) is 24.1 Å². The highest BCUT2D eigenvalue weighted by atomic mass is 16.5. The van der Waals surface area contributed by atoms with E-state index in [1.54, 1.807) is 0 Å². The Balaban J connectivity index is 1.85. The van der Waals surface area contributed by atoms with Crippen molar-refractivity contribution in [2.45, 2.75) is 51.9 Å². The summed E-state index contributed by atoms with van der Waals surface area (Å²) in [5.41, 5.74) is 7.34. The van der Waals surface area contributed by atoms with E-state index in [1.807, 2.05) is 24.3 Å². The number of hydrogen-bond acceptors (Lipinski definition) is 4. The van der Waals surface area contributed by atoms with Crippen molar-refractivity contribution in [1.82, 2.24) is 0 Å². The number of carbonyl (C=O) groups excluding carboxylic acids is 2. The Labute approximate surface area is 144 Å². The zero-order chi connectivity index (χ0) is 17.4. The molecule has 0 spiro atoms. The highest BCUT2D eigenvalue weighted by Gasteiger charge is 2.26. The minimum Gasteiger partial charge on any atom is -0.465 e. The van der Waals surface area contributed by atoms with Crippen LogP contribution in [0.25, 0.3) is 0 Å². The fourth-order valence-electron chi connectivity index (χ4n) is 3.23. The van der Waals surface area contributed by atoms with Crippen molar-refractivity contribution in [2.24, 2.45) is 17.6 Å². The van der Waals surface area contributed by atoms with E-state index in [4.69, 9.17) is 10.5 Å². The topological polar surface area (TPSA) is 69.4 Å². The summed E-state index contributed by atoms with van der Waals surface area (Å²) < 4.78 is 5.16. The molecule has 1 aromatic rings. The zero-order valence-electron chi connectivity index (χ0n) is 14.6. The van der Waals surface area contributed by atoms with Gasteiger partial charge in [-0.25, -0.2) is 0 Å². The van der Waals surface area contributed by atoms with Crippen LogP contribution < -0.4 is 5.73 Å². The van der Waals surface area contributed by atoms with Gasteiger partial charge in [0.2, 0.25) is 0 Å².